The topological polar surface area (TPSA) is 35.2 Å². The maximum absolute atomic E-state index is 5.99. The lowest BCUT2D eigenvalue weighted by Crippen LogP contribution is -2.19. The molecule has 0 heterocycles. The van der Waals surface area contributed by atoms with Gasteiger partial charge in [0, 0.05) is 6.04 Å². The molecule has 0 bridgehead atoms. The molecule has 1 aromatic rings. The van der Waals surface area contributed by atoms with Gasteiger partial charge in [-0.25, -0.2) is 0 Å². The van der Waals surface area contributed by atoms with Crippen LogP contribution in [0.25, 0.3) is 0 Å². The SMILES string of the molecule is CCCOc1ccc(C2CCCCC2)cc1CC(C)N. The van der Waals surface area contributed by atoms with Gasteiger partial charge in [-0.1, -0.05) is 38.3 Å². The van der Waals surface area contributed by atoms with Crippen LogP contribution in [0.4, 0.5) is 0 Å². The Hall–Kier alpha value is -1.02. The van der Waals surface area contributed by atoms with Crippen molar-refractivity contribution in [1.29, 1.82) is 0 Å². The van der Waals surface area contributed by atoms with E-state index in [0.717, 1.165) is 31.1 Å². The molecule has 0 aliphatic heterocycles. The smallest absolute Gasteiger partial charge is 0.122 e. The quantitative estimate of drug-likeness (QED) is 0.834. The highest BCUT2D eigenvalue weighted by Gasteiger charge is 2.17. The van der Waals surface area contributed by atoms with Crippen LogP contribution in [0.1, 0.15) is 69.4 Å². The zero-order valence-corrected chi connectivity index (χ0v) is 13.0. The third-order valence-electron chi connectivity index (χ3n) is 4.16. The molecule has 1 fully saturated rings. The molecule has 2 heteroatoms. The molecule has 1 aliphatic rings. The van der Waals surface area contributed by atoms with Crippen molar-refractivity contribution in [3.05, 3.63) is 29.3 Å². The van der Waals surface area contributed by atoms with E-state index in [0.29, 0.717) is 0 Å². The van der Waals surface area contributed by atoms with E-state index in [2.05, 4.69) is 32.0 Å². The number of nitrogens with two attached hydrogens (primary N) is 1. The fourth-order valence-corrected chi connectivity index (χ4v) is 3.15. The van der Waals surface area contributed by atoms with Crippen LogP contribution in [-0.2, 0) is 6.42 Å². The Morgan fingerprint density at radius 2 is 2.00 bits per heavy atom. The first kappa shape index (κ1) is 15.4. The molecule has 2 N–H and O–H groups in total. The lowest BCUT2D eigenvalue weighted by molar-refractivity contribution is 0.313. The first-order valence-electron chi connectivity index (χ1n) is 8.22. The zero-order valence-electron chi connectivity index (χ0n) is 13.0. The second-order valence-corrected chi connectivity index (χ2v) is 6.23. The minimum atomic E-state index is 0.181. The maximum Gasteiger partial charge on any atom is 0.122 e. The van der Waals surface area contributed by atoms with Crippen LogP contribution in [0.15, 0.2) is 18.2 Å². The Balaban J connectivity index is 2.17. The number of ether oxygens (including phenoxy) is 1. The van der Waals surface area contributed by atoms with Crippen LogP contribution < -0.4 is 10.5 Å². The molecule has 1 saturated carbocycles. The zero-order chi connectivity index (χ0) is 14.4. The summed E-state index contributed by atoms with van der Waals surface area (Å²) in [5, 5.41) is 0. The predicted molar refractivity (Wildman–Crippen MR) is 85.4 cm³/mol. The predicted octanol–water partition coefficient (Wildman–Crippen LogP) is 4.41. The van der Waals surface area contributed by atoms with Gasteiger partial charge in [-0.3, -0.25) is 0 Å². The highest BCUT2D eigenvalue weighted by atomic mass is 16.5. The van der Waals surface area contributed by atoms with Gasteiger partial charge in [-0.15, -0.1) is 0 Å². The Morgan fingerprint density at radius 3 is 2.65 bits per heavy atom. The van der Waals surface area contributed by atoms with Crippen molar-refractivity contribution in [3.8, 4) is 5.75 Å². The third kappa shape index (κ3) is 4.24. The molecule has 1 atom stereocenters. The number of hydrogen-bond acceptors (Lipinski definition) is 2. The summed E-state index contributed by atoms with van der Waals surface area (Å²) in [7, 11) is 0. The highest BCUT2D eigenvalue weighted by Crippen LogP contribution is 2.35. The maximum atomic E-state index is 5.99. The van der Waals surface area contributed by atoms with Gasteiger partial charge in [-0.2, -0.15) is 0 Å². The number of hydrogen-bond donors (Lipinski definition) is 1. The van der Waals surface area contributed by atoms with Crippen molar-refractivity contribution in [2.45, 2.75) is 70.8 Å². The van der Waals surface area contributed by atoms with Gasteiger partial charge in [0.15, 0.2) is 0 Å². The first-order valence-corrected chi connectivity index (χ1v) is 8.22. The van der Waals surface area contributed by atoms with E-state index < -0.39 is 0 Å². The van der Waals surface area contributed by atoms with Gasteiger partial charge in [0.1, 0.15) is 5.75 Å². The molecular formula is C18H29NO. The average Bonchev–Trinajstić information content (AvgIpc) is 2.46. The Bertz CT molecular complexity index is 408. The summed E-state index contributed by atoms with van der Waals surface area (Å²) in [5.74, 6) is 1.78. The van der Waals surface area contributed by atoms with Crippen molar-refractivity contribution in [3.63, 3.8) is 0 Å². The number of benzene rings is 1. The van der Waals surface area contributed by atoms with E-state index in [-0.39, 0.29) is 6.04 Å². The van der Waals surface area contributed by atoms with E-state index in [1.165, 1.54) is 43.2 Å². The van der Waals surface area contributed by atoms with Crippen LogP contribution in [0.2, 0.25) is 0 Å². The second kappa shape index (κ2) is 7.68. The van der Waals surface area contributed by atoms with E-state index in [4.69, 9.17) is 10.5 Å². The molecule has 2 rings (SSSR count). The summed E-state index contributed by atoms with van der Waals surface area (Å²) in [6, 6.07) is 6.97. The van der Waals surface area contributed by atoms with E-state index in [1.807, 2.05) is 0 Å². The Kier molecular flexibility index (Phi) is 5.90. The summed E-state index contributed by atoms with van der Waals surface area (Å²) >= 11 is 0. The standard InChI is InChI=1S/C18H29NO/c1-3-11-20-18-10-9-16(13-17(18)12-14(2)19)15-7-5-4-6-8-15/h9-10,13-15H,3-8,11-12,19H2,1-2H3. The number of rotatable bonds is 6. The van der Waals surface area contributed by atoms with Gasteiger partial charge in [0.2, 0.25) is 0 Å². The highest BCUT2D eigenvalue weighted by molar-refractivity contribution is 5.39. The lowest BCUT2D eigenvalue weighted by Gasteiger charge is -2.23. The summed E-state index contributed by atoms with van der Waals surface area (Å²) in [5.41, 5.74) is 8.77. The fraction of sp³-hybridized carbons (Fsp3) is 0.667. The largest absolute Gasteiger partial charge is 0.493 e. The molecular weight excluding hydrogens is 246 g/mol. The van der Waals surface area contributed by atoms with Gasteiger partial charge in [-0.05, 0) is 55.7 Å². The molecule has 20 heavy (non-hydrogen) atoms. The van der Waals surface area contributed by atoms with Crippen LogP contribution in [-0.4, -0.2) is 12.6 Å². The van der Waals surface area contributed by atoms with E-state index >= 15 is 0 Å². The van der Waals surface area contributed by atoms with Crippen molar-refractivity contribution in [2.75, 3.05) is 6.61 Å². The van der Waals surface area contributed by atoms with Crippen molar-refractivity contribution in [1.82, 2.24) is 0 Å². The molecule has 0 radical (unpaired) electrons. The van der Waals surface area contributed by atoms with Gasteiger partial charge >= 0.3 is 0 Å². The lowest BCUT2D eigenvalue weighted by atomic mass is 9.83. The van der Waals surface area contributed by atoms with Crippen molar-refractivity contribution in [2.24, 2.45) is 5.73 Å². The van der Waals surface area contributed by atoms with Gasteiger partial charge in [0.05, 0.1) is 6.61 Å². The summed E-state index contributed by atoms with van der Waals surface area (Å²) in [4.78, 5) is 0. The minimum absolute atomic E-state index is 0.181. The second-order valence-electron chi connectivity index (χ2n) is 6.23. The molecule has 0 saturated heterocycles. The Labute approximate surface area is 123 Å². The van der Waals surface area contributed by atoms with Gasteiger partial charge < -0.3 is 10.5 Å². The molecule has 1 aromatic carbocycles. The summed E-state index contributed by atoms with van der Waals surface area (Å²) < 4.78 is 5.87. The monoisotopic (exact) mass is 275 g/mol. The molecule has 0 amide bonds. The van der Waals surface area contributed by atoms with Crippen LogP contribution in [0, 0.1) is 0 Å². The molecule has 112 valence electrons. The molecule has 0 aromatic heterocycles. The van der Waals surface area contributed by atoms with Crippen molar-refractivity contribution >= 4 is 0 Å². The first-order chi connectivity index (χ1) is 9.70. The molecule has 2 nitrogen and oxygen atoms in total. The third-order valence-corrected chi connectivity index (χ3v) is 4.16. The molecule has 0 spiro atoms. The summed E-state index contributed by atoms with van der Waals surface area (Å²) in [6.07, 6.45) is 8.78. The van der Waals surface area contributed by atoms with E-state index in [1.54, 1.807) is 0 Å². The van der Waals surface area contributed by atoms with Crippen LogP contribution >= 0.6 is 0 Å². The van der Waals surface area contributed by atoms with Gasteiger partial charge in [0.25, 0.3) is 0 Å². The average molecular weight is 275 g/mol. The summed E-state index contributed by atoms with van der Waals surface area (Å²) in [6.45, 7) is 4.99. The fourth-order valence-electron chi connectivity index (χ4n) is 3.15. The van der Waals surface area contributed by atoms with Crippen LogP contribution in [0.3, 0.4) is 0 Å². The Morgan fingerprint density at radius 1 is 1.25 bits per heavy atom. The van der Waals surface area contributed by atoms with Crippen LogP contribution in [0.5, 0.6) is 5.75 Å². The molecule has 1 aliphatic carbocycles. The van der Waals surface area contributed by atoms with E-state index in [9.17, 15) is 0 Å². The minimum Gasteiger partial charge on any atom is -0.493 e. The molecule has 1 unspecified atom stereocenters. The van der Waals surface area contributed by atoms with Crippen molar-refractivity contribution < 1.29 is 4.74 Å². The normalized spacial score (nSPS) is 17.9.